The molecule has 0 heterocycles. The Balaban J connectivity index is 1.88. The molecule has 0 aliphatic rings. The van der Waals surface area contributed by atoms with Crippen molar-refractivity contribution >= 4 is 33.5 Å². The van der Waals surface area contributed by atoms with Crippen LogP contribution in [0, 0.1) is 0 Å². The predicted octanol–water partition coefficient (Wildman–Crippen LogP) is 4.06. The molecule has 98 valence electrons. The molecule has 0 unspecified atom stereocenters. The molecular formula is C15H13BrO2S. The maximum atomic E-state index is 11.9. The number of thioether (sulfide) groups is 1. The molecule has 0 saturated heterocycles. The molecule has 4 heteroatoms. The molecule has 2 nitrogen and oxygen atoms in total. The summed E-state index contributed by atoms with van der Waals surface area (Å²) in [5.41, 5.74) is 0.926. The summed E-state index contributed by atoms with van der Waals surface area (Å²) in [6.07, 6.45) is 0.401. The normalized spacial score (nSPS) is 10.4. The van der Waals surface area contributed by atoms with Gasteiger partial charge in [-0.2, -0.15) is 0 Å². The van der Waals surface area contributed by atoms with Gasteiger partial charge in [0, 0.05) is 15.8 Å². The third-order valence-corrected chi connectivity index (χ3v) is 4.65. The van der Waals surface area contributed by atoms with Crippen molar-refractivity contribution < 1.29 is 9.90 Å². The zero-order valence-corrected chi connectivity index (χ0v) is 12.6. The van der Waals surface area contributed by atoms with Gasteiger partial charge in [0.05, 0.1) is 5.75 Å². The van der Waals surface area contributed by atoms with Crippen molar-refractivity contribution in [3.8, 4) is 5.75 Å². The molecule has 2 aromatic carbocycles. The Kier molecular flexibility index (Phi) is 5.05. The fraction of sp³-hybridized carbons (Fsp3) is 0.133. The average Bonchev–Trinajstić information content (AvgIpc) is 2.40. The Morgan fingerprint density at radius 3 is 2.47 bits per heavy atom. The van der Waals surface area contributed by atoms with Crippen LogP contribution < -0.4 is 0 Å². The molecule has 2 aromatic rings. The Morgan fingerprint density at radius 1 is 1.11 bits per heavy atom. The van der Waals surface area contributed by atoms with E-state index < -0.39 is 0 Å². The Labute approximate surface area is 125 Å². The van der Waals surface area contributed by atoms with Crippen molar-refractivity contribution in [2.45, 2.75) is 11.3 Å². The molecule has 0 bridgehead atoms. The van der Waals surface area contributed by atoms with E-state index in [1.165, 1.54) is 11.8 Å². The van der Waals surface area contributed by atoms with Gasteiger partial charge in [-0.05, 0) is 45.8 Å². The van der Waals surface area contributed by atoms with Crippen LogP contribution in [0.25, 0.3) is 0 Å². The molecule has 0 radical (unpaired) electrons. The van der Waals surface area contributed by atoms with Crippen molar-refractivity contribution in [2.75, 3.05) is 5.75 Å². The summed E-state index contributed by atoms with van der Waals surface area (Å²) < 4.78 is 1.01. The third-order valence-electron chi connectivity index (χ3n) is 2.56. The number of Topliss-reactive ketones (excluding diaryl/α,β-unsaturated/α-hetero) is 1. The molecule has 1 N–H and O–H groups in total. The quantitative estimate of drug-likeness (QED) is 0.836. The van der Waals surface area contributed by atoms with Crippen LogP contribution in [-0.4, -0.2) is 16.6 Å². The Hall–Kier alpha value is -1.26. The van der Waals surface area contributed by atoms with E-state index in [0.29, 0.717) is 12.2 Å². The maximum Gasteiger partial charge on any atom is 0.147 e. The summed E-state index contributed by atoms with van der Waals surface area (Å²) in [5, 5.41) is 9.18. The van der Waals surface area contributed by atoms with E-state index in [1.807, 2.05) is 24.3 Å². The second-order valence-corrected chi connectivity index (χ2v) is 5.97. The van der Waals surface area contributed by atoms with Gasteiger partial charge >= 0.3 is 0 Å². The molecule has 2 rings (SSSR count). The standard InChI is InChI=1S/C15H13BrO2S/c16-14-3-1-2-4-15(14)19-10-13(18)9-11-5-7-12(17)8-6-11/h1-8,17H,9-10H2. The lowest BCUT2D eigenvalue weighted by Crippen LogP contribution is -2.05. The van der Waals surface area contributed by atoms with E-state index in [-0.39, 0.29) is 11.5 Å². The van der Waals surface area contributed by atoms with Crippen molar-refractivity contribution in [1.29, 1.82) is 0 Å². The summed E-state index contributed by atoms with van der Waals surface area (Å²) in [6, 6.07) is 14.6. The number of benzene rings is 2. The van der Waals surface area contributed by atoms with Crippen LogP contribution >= 0.6 is 27.7 Å². The summed E-state index contributed by atoms with van der Waals surface area (Å²) >= 11 is 4.99. The largest absolute Gasteiger partial charge is 0.508 e. The summed E-state index contributed by atoms with van der Waals surface area (Å²) in [5.74, 6) is 0.842. The summed E-state index contributed by atoms with van der Waals surface area (Å²) in [4.78, 5) is 13.0. The van der Waals surface area contributed by atoms with E-state index in [1.54, 1.807) is 24.3 Å². The fourth-order valence-corrected chi connectivity index (χ4v) is 3.04. The summed E-state index contributed by atoms with van der Waals surface area (Å²) in [7, 11) is 0. The molecule has 19 heavy (non-hydrogen) atoms. The molecule has 0 amide bonds. The molecule has 0 aliphatic carbocycles. The van der Waals surface area contributed by atoms with Crippen LogP contribution in [-0.2, 0) is 11.2 Å². The number of carbonyl (C=O) groups excluding carboxylic acids is 1. The van der Waals surface area contributed by atoms with Crippen molar-refractivity contribution in [3.63, 3.8) is 0 Å². The van der Waals surface area contributed by atoms with Gasteiger partial charge in [0.2, 0.25) is 0 Å². The van der Waals surface area contributed by atoms with E-state index in [0.717, 1.165) is 14.9 Å². The lowest BCUT2D eigenvalue weighted by molar-refractivity contribution is -0.116. The van der Waals surface area contributed by atoms with E-state index in [2.05, 4.69) is 15.9 Å². The van der Waals surface area contributed by atoms with Gasteiger partial charge in [-0.15, -0.1) is 11.8 Å². The molecule has 0 aliphatic heterocycles. The first-order chi connectivity index (χ1) is 9.15. The van der Waals surface area contributed by atoms with Gasteiger partial charge in [-0.3, -0.25) is 4.79 Å². The van der Waals surface area contributed by atoms with Crippen molar-refractivity contribution in [1.82, 2.24) is 0 Å². The number of hydrogen-bond acceptors (Lipinski definition) is 3. The van der Waals surface area contributed by atoms with Gasteiger partial charge < -0.3 is 5.11 Å². The predicted molar refractivity (Wildman–Crippen MR) is 81.7 cm³/mol. The molecule has 0 spiro atoms. The van der Waals surface area contributed by atoms with Crippen LogP contribution in [0.1, 0.15) is 5.56 Å². The highest BCUT2D eigenvalue weighted by Crippen LogP contribution is 2.27. The summed E-state index contributed by atoms with van der Waals surface area (Å²) in [6.45, 7) is 0. The Morgan fingerprint density at radius 2 is 1.79 bits per heavy atom. The minimum Gasteiger partial charge on any atom is -0.508 e. The lowest BCUT2D eigenvalue weighted by Gasteiger charge is -2.04. The number of carbonyl (C=O) groups is 1. The lowest BCUT2D eigenvalue weighted by atomic mass is 10.1. The van der Waals surface area contributed by atoms with Crippen LogP contribution in [0.15, 0.2) is 57.9 Å². The van der Waals surface area contributed by atoms with Gasteiger partial charge in [-0.1, -0.05) is 24.3 Å². The number of rotatable bonds is 5. The smallest absolute Gasteiger partial charge is 0.147 e. The van der Waals surface area contributed by atoms with E-state index in [4.69, 9.17) is 0 Å². The van der Waals surface area contributed by atoms with E-state index in [9.17, 15) is 9.90 Å². The number of phenolic OH excluding ortho intramolecular Hbond substituents is 1. The van der Waals surface area contributed by atoms with Crippen molar-refractivity contribution in [2.24, 2.45) is 0 Å². The van der Waals surface area contributed by atoms with Crippen LogP contribution in [0.2, 0.25) is 0 Å². The number of hydrogen-bond donors (Lipinski definition) is 1. The molecule has 0 aromatic heterocycles. The zero-order valence-electron chi connectivity index (χ0n) is 10.2. The first-order valence-corrected chi connectivity index (χ1v) is 7.60. The van der Waals surface area contributed by atoms with Crippen LogP contribution in [0.3, 0.4) is 0 Å². The van der Waals surface area contributed by atoms with Gasteiger partial charge in [0.25, 0.3) is 0 Å². The zero-order chi connectivity index (χ0) is 13.7. The molecule has 0 saturated carbocycles. The second kappa shape index (κ2) is 6.78. The highest BCUT2D eigenvalue weighted by Gasteiger charge is 2.06. The second-order valence-electron chi connectivity index (χ2n) is 4.10. The molecular weight excluding hydrogens is 324 g/mol. The first-order valence-electron chi connectivity index (χ1n) is 5.82. The molecule has 0 atom stereocenters. The SMILES string of the molecule is O=C(CSc1ccccc1Br)Cc1ccc(O)cc1. The number of halogens is 1. The van der Waals surface area contributed by atoms with Gasteiger partial charge in [-0.25, -0.2) is 0 Å². The topological polar surface area (TPSA) is 37.3 Å². The van der Waals surface area contributed by atoms with E-state index >= 15 is 0 Å². The minimum absolute atomic E-state index is 0.173. The Bertz CT molecular complexity index is 567. The number of ketones is 1. The number of phenols is 1. The molecule has 0 fully saturated rings. The minimum atomic E-state index is 0.173. The third kappa shape index (κ3) is 4.40. The average molecular weight is 337 g/mol. The highest BCUT2D eigenvalue weighted by molar-refractivity contribution is 9.10. The fourth-order valence-electron chi connectivity index (χ4n) is 1.61. The number of aromatic hydroxyl groups is 1. The maximum absolute atomic E-state index is 11.9. The van der Waals surface area contributed by atoms with Crippen LogP contribution in [0.4, 0.5) is 0 Å². The van der Waals surface area contributed by atoms with Crippen molar-refractivity contribution in [3.05, 3.63) is 58.6 Å². The van der Waals surface area contributed by atoms with Gasteiger partial charge in [0.15, 0.2) is 0 Å². The van der Waals surface area contributed by atoms with Crippen LogP contribution in [0.5, 0.6) is 5.75 Å². The van der Waals surface area contributed by atoms with Gasteiger partial charge in [0.1, 0.15) is 11.5 Å². The highest BCUT2D eigenvalue weighted by atomic mass is 79.9. The monoisotopic (exact) mass is 336 g/mol. The first kappa shape index (κ1) is 14.2.